The minimum atomic E-state index is -1.10. The van der Waals surface area contributed by atoms with E-state index in [4.69, 9.17) is 0 Å². The molecule has 0 saturated heterocycles. The second kappa shape index (κ2) is 9.49. The van der Waals surface area contributed by atoms with Gasteiger partial charge in [-0.3, -0.25) is 9.78 Å². The molecule has 4 rings (SSSR count). The summed E-state index contributed by atoms with van der Waals surface area (Å²) in [5, 5.41) is 16.6. The molecule has 1 amide bonds. The molecule has 4 aromatic rings. The minimum Gasteiger partial charge on any atom is -0.333 e. The maximum Gasteiger partial charge on any atom is 0.245 e. The molecule has 0 fully saturated rings. The third-order valence-electron chi connectivity index (χ3n) is 4.74. The van der Waals surface area contributed by atoms with Crippen LogP contribution >= 0.6 is 0 Å². The van der Waals surface area contributed by atoms with Gasteiger partial charge < -0.3 is 5.32 Å². The molecule has 0 radical (unpaired) electrons. The van der Waals surface area contributed by atoms with Crippen molar-refractivity contribution in [2.45, 2.75) is 6.04 Å². The van der Waals surface area contributed by atoms with Gasteiger partial charge in [-0.25, -0.2) is 9.07 Å². The first-order chi connectivity index (χ1) is 15.7. The van der Waals surface area contributed by atoms with Gasteiger partial charge in [0, 0.05) is 41.4 Å². The van der Waals surface area contributed by atoms with Gasteiger partial charge in [-0.05, 0) is 36.4 Å². The number of benzene rings is 2. The van der Waals surface area contributed by atoms with Gasteiger partial charge in [-0.15, -0.1) is 0 Å². The molecule has 2 heterocycles. The fraction of sp³-hybridized carbons (Fsp3) is 0.0400. The number of pyridine rings is 1. The smallest absolute Gasteiger partial charge is 0.245 e. The monoisotopic (exact) mass is 423 g/mol. The zero-order chi connectivity index (χ0) is 22.3. The highest BCUT2D eigenvalue weighted by molar-refractivity contribution is 5.93. The van der Waals surface area contributed by atoms with Crippen molar-refractivity contribution in [3.8, 4) is 23.0 Å². The number of halogens is 1. The summed E-state index contributed by atoms with van der Waals surface area (Å²) in [7, 11) is 0. The molecule has 1 atom stereocenters. The van der Waals surface area contributed by atoms with E-state index < -0.39 is 17.8 Å². The van der Waals surface area contributed by atoms with Gasteiger partial charge in [0.15, 0.2) is 0 Å². The van der Waals surface area contributed by atoms with Crippen LogP contribution in [-0.4, -0.2) is 20.7 Å². The van der Waals surface area contributed by atoms with Crippen molar-refractivity contribution < 1.29 is 9.18 Å². The Hall–Kier alpha value is -4.57. The average molecular weight is 423 g/mol. The van der Waals surface area contributed by atoms with Crippen LogP contribution in [0.25, 0.3) is 23.0 Å². The molecule has 0 aliphatic heterocycles. The molecular formula is C25H18FN5O. The summed E-state index contributed by atoms with van der Waals surface area (Å²) in [4.78, 5) is 16.6. The molecular weight excluding hydrogens is 405 g/mol. The van der Waals surface area contributed by atoms with Crippen LogP contribution in [0.3, 0.4) is 0 Å². The fourth-order valence-electron chi connectivity index (χ4n) is 3.19. The molecule has 156 valence electrons. The van der Waals surface area contributed by atoms with Crippen LogP contribution in [-0.2, 0) is 4.79 Å². The molecule has 0 bridgehead atoms. The van der Waals surface area contributed by atoms with Gasteiger partial charge in [0.25, 0.3) is 0 Å². The third kappa shape index (κ3) is 4.60. The van der Waals surface area contributed by atoms with Crippen LogP contribution in [0.5, 0.6) is 0 Å². The zero-order valence-electron chi connectivity index (χ0n) is 16.9. The summed E-state index contributed by atoms with van der Waals surface area (Å²) >= 11 is 0. The van der Waals surface area contributed by atoms with Crippen LogP contribution in [0.4, 0.5) is 4.39 Å². The standard InChI is InChI=1S/C25H18FN5O/c26-22-11-5-4-10-21(22)23(15-27)29-24(32)13-12-19-17-31(20-8-2-1-3-9-20)30-25(19)18-7-6-14-28-16-18/h1-14,16-17,23H,(H,29,32)/b13-12+. The first kappa shape index (κ1) is 20.7. The fourth-order valence-corrected chi connectivity index (χ4v) is 3.19. The van der Waals surface area contributed by atoms with Crippen molar-refractivity contribution in [3.63, 3.8) is 0 Å². The van der Waals surface area contributed by atoms with E-state index in [1.165, 1.54) is 24.3 Å². The number of carbonyl (C=O) groups excluding carboxylic acids is 1. The Bertz CT molecular complexity index is 1290. The molecule has 1 unspecified atom stereocenters. The normalized spacial score (nSPS) is 11.8. The van der Waals surface area contributed by atoms with E-state index in [0.717, 1.165) is 11.3 Å². The lowest BCUT2D eigenvalue weighted by Gasteiger charge is -2.11. The summed E-state index contributed by atoms with van der Waals surface area (Å²) < 4.78 is 15.7. The van der Waals surface area contributed by atoms with Crippen molar-refractivity contribution in [2.24, 2.45) is 0 Å². The Morgan fingerprint density at radius 3 is 2.59 bits per heavy atom. The van der Waals surface area contributed by atoms with E-state index in [1.54, 1.807) is 35.4 Å². The van der Waals surface area contributed by atoms with Crippen molar-refractivity contribution in [1.82, 2.24) is 20.1 Å². The molecule has 0 saturated carbocycles. The Kier molecular flexibility index (Phi) is 6.14. The minimum absolute atomic E-state index is 0.115. The Balaban J connectivity index is 1.61. The predicted molar refractivity (Wildman–Crippen MR) is 119 cm³/mol. The maximum atomic E-state index is 14.0. The Morgan fingerprint density at radius 2 is 1.88 bits per heavy atom. The van der Waals surface area contributed by atoms with Gasteiger partial charge in [0.05, 0.1) is 11.8 Å². The number of hydrogen-bond donors (Lipinski definition) is 1. The maximum absolute atomic E-state index is 14.0. The molecule has 0 spiro atoms. The van der Waals surface area contributed by atoms with E-state index in [1.807, 2.05) is 48.5 Å². The summed E-state index contributed by atoms with van der Waals surface area (Å²) in [6.45, 7) is 0. The summed E-state index contributed by atoms with van der Waals surface area (Å²) in [6, 6.07) is 20.0. The summed E-state index contributed by atoms with van der Waals surface area (Å²) in [5.74, 6) is -1.07. The van der Waals surface area contributed by atoms with Crippen LogP contribution in [0.1, 0.15) is 17.2 Å². The van der Waals surface area contributed by atoms with Gasteiger partial charge in [0.1, 0.15) is 17.6 Å². The Morgan fingerprint density at radius 1 is 1.09 bits per heavy atom. The quantitative estimate of drug-likeness (QED) is 0.464. The number of nitrogens with zero attached hydrogens (tertiary/aromatic N) is 4. The third-order valence-corrected chi connectivity index (χ3v) is 4.74. The topological polar surface area (TPSA) is 83.6 Å². The first-order valence-corrected chi connectivity index (χ1v) is 9.84. The zero-order valence-corrected chi connectivity index (χ0v) is 16.9. The molecule has 0 aliphatic rings. The van der Waals surface area contributed by atoms with Crippen molar-refractivity contribution in [2.75, 3.05) is 0 Å². The van der Waals surface area contributed by atoms with Crippen LogP contribution in [0, 0.1) is 17.1 Å². The van der Waals surface area contributed by atoms with Gasteiger partial charge in [0.2, 0.25) is 5.91 Å². The molecule has 1 N–H and O–H groups in total. The number of nitriles is 1. The van der Waals surface area contributed by atoms with Gasteiger partial charge in [-0.1, -0.05) is 36.4 Å². The largest absolute Gasteiger partial charge is 0.333 e. The molecule has 2 aromatic heterocycles. The van der Waals surface area contributed by atoms with Crippen molar-refractivity contribution in [1.29, 1.82) is 5.26 Å². The van der Waals surface area contributed by atoms with Crippen LogP contribution in [0.15, 0.2) is 91.4 Å². The SMILES string of the molecule is N#CC(NC(=O)/C=C/c1cn(-c2ccccc2)nc1-c1cccnc1)c1ccccc1F. The number of aromatic nitrogens is 3. The van der Waals surface area contributed by atoms with E-state index in [-0.39, 0.29) is 5.56 Å². The van der Waals surface area contributed by atoms with Crippen LogP contribution < -0.4 is 5.32 Å². The second-order valence-electron chi connectivity index (χ2n) is 6.88. The second-order valence-corrected chi connectivity index (χ2v) is 6.88. The Labute approximate surface area is 184 Å². The summed E-state index contributed by atoms with van der Waals surface area (Å²) in [5.41, 5.74) is 3.12. The van der Waals surface area contributed by atoms with Gasteiger partial charge >= 0.3 is 0 Å². The highest BCUT2D eigenvalue weighted by Gasteiger charge is 2.16. The average Bonchev–Trinajstić information content (AvgIpc) is 3.27. The number of para-hydroxylation sites is 1. The molecule has 7 heteroatoms. The molecule has 32 heavy (non-hydrogen) atoms. The highest BCUT2D eigenvalue weighted by atomic mass is 19.1. The lowest BCUT2D eigenvalue weighted by atomic mass is 10.1. The lowest BCUT2D eigenvalue weighted by molar-refractivity contribution is -0.116. The molecule has 2 aromatic carbocycles. The summed E-state index contributed by atoms with van der Waals surface area (Å²) in [6.07, 6.45) is 8.09. The van der Waals surface area contributed by atoms with E-state index in [0.29, 0.717) is 11.3 Å². The first-order valence-electron chi connectivity index (χ1n) is 9.84. The van der Waals surface area contributed by atoms with E-state index in [2.05, 4.69) is 15.4 Å². The van der Waals surface area contributed by atoms with E-state index in [9.17, 15) is 14.4 Å². The number of nitrogens with one attached hydrogen (secondary N) is 1. The predicted octanol–water partition coefficient (Wildman–Crippen LogP) is 4.47. The molecule has 0 aliphatic carbocycles. The van der Waals surface area contributed by atoms with Crippen molar-refractivity contribution >= 4 is 12.0 Å². The lowest BCUT2D eigenvalue weighted by Crippen LogP contribution is -2.26. The number of carbonyl (C=O) groups is 1. The highest BCUT2D eigenvalue weighted by Crippen LogP contribution is 2.24. The molecule has 6 nitrogen and oxygen atoms in total. The van der Waals surface area contributed by atoms with Crippen LogP contribution in [0.2, 0.25) is 0 Å². The van der Waals surface area contributed by atoms with E-state index >= 15 is 0 Å². The number of amides is 1. The number of rotatable bonds is 6. The van der Waals surface area contributed by atoms with Gasteiger partial charge in [-0.2, -0.15) is 10.4 Å². The number of hydrogen-bond acceptors (Lipinski definition) is 4. The van der Waals surface area contributed by atoms with Crippen molar-refractivity contribution in [3.05, 3.63) is 108 Å².